The normalized spacial score (nSPS) is 20.7. The maximum Gasteiger partial charge on any atom is 0.407 e. The predicted molar refractivity (Wildman–Crippen MR) is 203 cm³/mol. The van der Waals surface area contributed by atoms with Crippen molar-refractivity contribution >= 4 is 35.5 Å². The number of benzene rings is 1. The molecule has 1 aliphatic heterocycles. The number of hydrogen-bond donors (Lipinski definition) is 8. The lowest BCUT2D eigenvalue weighted by Crippen LogP contribution is -2.68. The lowest BCUT2D eigenvalue weighted by molar-refractivity contribution is -0.310. The molecular weight excluding hydrogens is 772 g/mol. The molecule has 1 aromatic heterocycles. The van der Waals surface area contributed by atoms with E-state index < -0.39 is 85.3 Å². The van der Waals surface area contributed by atoms with E-state index in [0.717, 1.165) is 25.7 Å². The molecule has 8 N–H and O–H groups in total. The Morgan fingerprint density at radius 2 is 1.70 bits per heavy atom. The van der Waals surface area contributed by atoms with Crippen molar-refractivity contribution in [2.45, 2.75) is 127 Å². The number of carboxylic acid groups (broad SMARTS) is 1. The zero-order valence-electron chi connectivity index (χ0n) is 32.6. The SMILES string of the molecule is CC(C)(C)OC(=O)NCCOCc1cn(CCCCCCCCO[C@]2(C(=O)O)C[C@H](O)[C@@H](NC(=O)CO)[C@H]([C@H](O)[C@H](O)CNC(=O)Cc3ccc(Cl)cc3)O2)nn1. The van der Waals surface area contributed by atoms with Crippen molar-refractivity contribution in [2.75, 3.05) is 32.9 Å². The molecule has 1 saturated heterocycles. The summed E-state index contributed by atoms with van der Waals surface area (Å²) in [4.78, 5) is 48.7. The van der Waals surface area contributed by atoms with Gasteiger partial charge in [-0.3, -0.25) is 14.3 Å². The van der Waals surface area contributed by atoms with Gasteiger partial charge in [-0.25, -0.2) is 9.59 Å². The second-order valence-electron chi connectivity index (χ2n) is 14.8. The molecule has 0 unspecified atom stereocenters. The van der Waals surface area contributed by atoms with E-state index in [0.29, 0.717) is 42.2 Å². The highest BCUT2D eigenvalue weighted by Gasteiger charge is 2.55. The number of nitrogens with zero attached hydrogens (tertiary/aromatic N) is 3. The Morgan fingerprint density at radius 3 is 2.37 bits per heavy atom. The number of aryl methyl sites for hydroxylation is 1. The number of ether oxygens (including phenoxy) is 4. The average Bonchev–Trinajstić information content (AvgIpc) is 3.61. The van der Waals surface area contributed by atoms with E-state index >= 15 is 0 Å². The van der Waals surface area contributed by atoms with Crippen LogP contribution in [0.1, 0.15) is 77.0 Å². The topological polar surface area (TPSA) is 273 Å². The highest BCUT2D eigenvalue weighted by molar-refractivity contribution is 6.30. The summed E-state index contributed by atoms with van der Waals surface area (Å²) in [6.45, 7) is 5.34. The van der Waals surface area contributed by atoms with Gasteiger partial charge in [0.15, 0.2) is 0 Å². The Labute approximate surface area is 336 Å². The first-order chi connectivity index (χ1) is 27.0. The van der Waals surface area contributed by atoms with Crippen LogP contribution in [0, 0.1) is 0 Å². The molecule has 0 saturated carbocycles. The van der Waals surface area contributed by atoms with E-state index in [1.54, 1.807) is 55.9 Å². The number of carbonyl (C=O) groups excluding carboxylic acids is 3. The van der Waals surface area contributed by atoms with Crippen LogP contribution >= 0.6 is 11.6 Å². The summed E-state index contributed by atoms with van der Waals surface area (Å²) in [5.74, 6) is -5.44. The maximum atomic E-state index is 12.5. The van der Waals surface area contributed by atoms with E-state index in [2.05, 4.69) is 26.3 Å². The molecule has 2 aromatic rings. The third-order valence-corrected chi connectivity index (χ3v) is 9.01. The average molecular weight is 829 g/mol. The van der Waals surface area contributed by atoms with Crippen LogP contribution < -0.4 is 16.0 Å². The number of amides is 3. The molecule has 0 radical (unpaired) electrons. The van der Waals surface area contributed by atoms with Crippen LogP contribution in [-0.4, -0.2) is 139 Å². The second kappa shape index (κ2) is 23.5. The van der Waals surface area contributed by atoms with Gasteiger partial charge >= 0.3 is 12.1 Å². The van der Waals surface area contributed by atoms with Crippen LogP contribution in [0.4, 0.5) is 4.79 Å². The summed E-state index contributed by atoms with van der Waals surface area (Å²) in [5, 5.41) is 68.4. The van der Waals surface area contributed by atoms with E-state index in [-0.39, 0.29) is 26.2 Å². The smallest absolute Gasteiger partial charge is 0.407 e. The van der Waals surface area contributed by atoms with Gasteiger partial charge in [0, 0.05) is 31.1 Å². The van der Waals surface area contributed by atoms with Crippen LogP contribution in [0.25, 0.3) is 0 Å². The predicted octanol–water partition coefficient (Wildman–Crippen LogP) is 0.819. The molecule has 320 valence electrons. The summed E-state index contributed by atoms with van der Waals surface area (Å²) in [6.07, 6.45) is -1.74. The van der Waals surface area contributed by atoms with Crippen molar-refractivity contribution in [3.63, 3.8) is 0 Å². The molecule has 0 spiro atoms. The first-order valence-electron chi connectivity index (χ1n) is 19.0. The van der Waals surface area contributed by atoms with Crippen molar-refractivity contribution in [3.8, 4) is 0 Å². The van der Waals surface area contributed by atoms with Crippen molar-refractivity contribution in [1.82, 2.24) is 30.9 Å². The number of aliphatic hydroxyl groups excluding tert-OH is 4. The minimum Gasteiger partial charge on any atom is -0.477 e. The quantitative estimate of drug-likeness (QED) is 0.0681. The lowest BCUT2D eigenvalue weighted by Gasteiger charge is -2.46. The second-order valence-corrected chi connectivity index (χ2v) is 15.2. The summed E-state index contributed by atoms with van der Waals surface area (Å²) in [5.41, 5.74) is 0.736. The molecule has 0 bridgehead atoms. The molecule has 19 nitrogen and oxygen atoms in total. The molecule has 3 amide bonds. The van der Waals surface area contributed by atoms with Gasteiger partial charge in [-0.2, -0.15) is 0 Å². The first-order valence-corrected chi connectivity index (χ1v) is 19.3. The van der Waals surface area contributed by atoms with Gasteiger partial charge in [0.05, 0.1) is 50.7 Å². The van der Waals surface area contributed by atoms with Crippen molar-refractivity contribution in [3.05, 3.63) is 46.7 Å². The Hall–Kier alpha value is -3.95. The number of nitrogens with one attached hydrogen (secondary N) is 3. The minimum absolute atomic E-state index is 0.0506. The zero-order chi connectivity index (χ0) is 42.0. The fourth-order valence-corrected chi connectivity index (χ4v) is 6.03. The van der Waals surface area contributed by atoms with E-state index in [1.807, 2.05) is 0 Å². The highest BCUT2D eigenvalue weighted by atomic mass is 35.5. The van der Waals surface area contributed by atoms with Gasteiger partial charge in [-0.15, -0.1) is 5.10 Å². The number of aliphatic carboxylic acids is 1. The number of hydrogen-bond acceptors (Lipinski definition) is 14. The molecule has 2 heterocycles. The third kappa shape index (κ3) is 16.8. The zero-order valence-corrected chi connectivity index (χ0v) is 33.4. The van der Waals surface area contributed by atoms with Crippen molar-refractivity contribution < 1.29 is 63.7 Å². The molecule has 57 heavy (non-hydrogen) atoms. The number of aromatic nitrogens is 3. The number of rotatable bonds is 24. The fraction of sp³-hybridized carbons (Fsp3) is 0.676. The molecular formula is C37H57ClN6O13. The van der Waals surface area contributed by atoms with E-state index in [4.69, 9.17) is 30.5 Å². The number of unbranched alkanes of at least 4 members (excludes halogenated alkanes) is 5. The number of aliphatic hydroxyl groups is 4. The molecule has 20 heteroatoms. The van der Waals surface area contributed by atoms with Gasteiger partial charge in [0.2, 0.25) is 11.8 Å². The highest BCUT2D eigenvalue weighted by Crippen LogP contribution is 2.34. The Bertz CT molecular complexity index is 1560. The molecule has 1 aromatic carbocycles. The summed E-state index contributed by atoms with van der Waals surface area (Å²) in [6, 6.07) is 5.10. The molecule has 1 fully saturated rings. The van der Waals surface area contributed by atoms with Crippen LogP contribution in [0.15, 0.2) is 30.5 Å². The number of carboxylic acids is 1. The number of halogens is 1. The van der Waals surface area contributed by atoms with Crippen LogP contribution in [-0.2, 0) is 52.9 Å². The number of carbonyl (C=O) groups is 4. The van der Waals surface area contributed by atoms with Gasteiger partial charge in [-0.05, 0) is 51.3 Å². The summed E-state index contributed by atoms with van der Waals surface area (Å²) >= 11 is 5.88. The maximum absolute atomic E-state index is 12.5. The monoisotopic (exact) mass is 828 g/mol. The molecule has 1 aliphatic rings. The van der Waals surface area contributed by atoms with Gasteiger partial charge in [0.1, 0.15) is 30.1 Å². The lowest BCUT2D eigenvalue weighted by atomic mass is 9.88. The van der Waals surface area contributed by atoms with E-state index in [1.165, 1.54) is 0 Å². The van der Waals surface area contributed by atoms with Crippen LogP contribution in [0.3, 0.4) is 0 Å². The fourth-order valence-electron chi connectivity index (χ4n) is 5.91. The largest absolute Gasteiger partial charge is 0.477 e. The van der Waals surface area contributed by atoms with Gasteiger partial charge in [0.25, 0.3) is 5.79 Å². The Balaban J connectivity index is 1.40. The molecule has 3 rings (SSSR count). The molecule has 0 aliphatic carbocycles. The minimum atomic E-state index is -2.43. The summed E-state index contributed by atoms with van der Waals surface area (Å²) < 4.78 is 23.9. The van der Waals surface area contributed by atoms with Crippen LogP contribution in [0.2, 0.25) is 5.02 Å². The van der Waals surface area contributed by atoms with Crippen molar-refractivity contribution in [2.24, 2.45) is 0 Å². The Kier molecular flexibility index (Phi) is 19.5. The van der Waals surface area contributed by atoms with Gasteiger partial charge < -0.3 is 60.4 Å². The van der Waals surface area contributed by atoms with Crippen LogP contribution in [0.5, 0.6) is 0 Å². The van der Waals surface area contributed by atoms with E-state index in [9.17, 15) is 44.7 Å². The number of alkyl carbamates (subject to hydrolysis) is 1. The molecule has 6 atom stereocenters. The van der Waals surface area contributed by atoms with Crippen molar-refractivity contribution in [1.29, 1.82) is 0 Å². The van der Waals surface area contributed by atoms with Gasteiger partial charge in [-0.1, -0.05) is 54.6 Å². The first kappa shape index (κ1) is 47.4. The third-order valence-electron chi connectivity index (χ3n) is 8.75. The summed E-state index contributed by atoms with van der Waals surface area (Å²) in [7, 11) is 0. The Morgan fingerprint density at radius 1 is 1.02 bits per heavy atom. The standard InChI is InChI=1S/C37H57ClN6O13/c1-36(2,3)57-35(53)39-14-17-54-23-26-21-44(43-42-26)15-8-6-4-5-7-9-16-55-37(34(51)52)19-27(46)31(41-30(49)22-45)33(56-37)32(50)28(47)20-40-29(48)18-24-10-12-25(38)13-11-24/h10-13,21,27-28,31-33,45-47,50H,4-9,14-20,22-23H2,1-3H3,(H,39,53)(H,40,48)(H,41,49)(H,51,52)/t27-,28+,31+,32+,33+,37+/m0/s1.